The molecule has 474 valence electrons. The maximum atomic E-state index is 12.3. The molecule has 0 fully saturated rings. The van der Waals surface area contributed by atoms with Gasteiger partial charge in [-0.1, -0.05) is 368 Å². The summed E-state index contributed by atoms with van der Waals surface area (Å²) in [6, 6.07) is 0. The lowest BCUT2D eigenvalue weighted by Crippen LogP contribution is -2.28. The van der Waals surface area contributed by atoms with Crippen LogP contribution in [-0.4, -0.2) is 36.4 Å². The van der Waals surface area contributed by atoms with Gasteiger partial charge in [0.05, 0.1) is 6.61 Å². The maximum Gasteiger partial charge on any atom is 0.306 e. The van der Waals surface area contributed by atoms with E-state index >= 15 is 0 Å². The Bertz CT molecular complexity index is 1530. The van der Waals surface area contributed by atoms with Gasteiger partial charge in [0.2, 0.25) is 0 Å². The number of carbonyl (C=O) groups is 2. The molecular formula is C77H136O5. The molecular weight excluding hydrogens is 1000 g/mol. The molecule has 1 unspecified atom stereocenters. The monoisotopic (exact) mass is 1140 g/mol. The zero-order chi connectivity index (χ0) is 59.1. The summed E-state index contributed by atoms with van der Waals surface area (Å²) in [4.78, 5) is 24.6. The Kier molecular flexibility index (Phi) is 69.3. The Morgan fingerprint density at radius 3 is 0.793 bits per heavy atom. The van der Waals surface area contributed by atoms with Crippen molar-refractivity contribution >= 4 is 11.9 Å². The van der Waals surface area contributed by atoms with Crippen LogP contribution in [0.25, 0.3) is 0 Å². The van der Waals surface area contributed by atoms with Crippen molar-refractivity contribution in [2.75, 3.05) is 13.2 Å². The Morgan fingerprint density at radius 1 is 0.293 bits per heavy atom. The molecule has 0 aromatic rings. The third kappa shape index (κ3) is 69.3. The molecule has 0 aromatic carbocycles. The molecule has 0 aliphatic heterocycles. The minimum absolute atomic E-state index is 0.0861. The number of ether oxygens (including phenoxy) is 2. The number of aliphatic hydroxyl groups is 1. The Morgan fingerprint density at radius 2 is 0.524 bits per heavy atom. The van der Waals surface area contributed by atoms with Gasteiger partial charge in [-0.2, -0.15) is 0 Å². The van der Waals surface area contributed by atoms with Crippen LogP contribution in [0.5, 0.6) is 0 Å². The maximum absolute atomic E-state index is 12.3. The fourth-order valence-electron chi connectivity index (χ4n) is 10.6. The van der Waals surface area contributed by atoms with Crippen molar-refractivity contribution in [2.45, 2.75) is 367 Å². The van der Waals surface area contributed by atoms with E-state index in [-0.39, 0.29) is 25.2 Å². The Balaban J connectivity index is 3.45. The van der Waals surface area contributed by atoms with Gasteiger partial charge < -0.3 is 14.6 Å². The SMILES string of the molecule is CC/C=C\C/C=C\C/C=C\C/C=C\C/C=C\C/C=C\C/C=C\C/C=C\CCCCC(=O)OC(CO)COC(=O)CCCCCCCCCCCCCCCCCCCCCCCCCCCCCCCCCCCCCCCCCCC. The van der Waals surface area contributed by atoms with Crippen molar-refractivity contribution in [3.63, 3.8) is 0 Å². The van der Waals surface area contributed by atoms with Gasteiger partial charge in [-0.3, -0.25) is 9.59 Å². The van der Waals surface area contributed by atoms with Crippen LogP contribution in [-0.2, 0) is 19.1 Å². The summed E-state index contributed by atoms with van der Waals surface area (Å²) in [7, 11) is 0. The predicted molar refractivity (Wildman–Crippen MR) is 362 cm³/mol. The molecule has 0 aliphatic rings. The van der Waals surface area contributed by atoms with E-state index in [0.717, 1.165) is 89.9 Å². The summed E-state index contributed by atoms with van der Waals surface area (Å²) in [5.41, 5.74) is 0. The molecule has 82 heavy (non-hydrogen) atoms. The van der Waals surface area contributed by atoms with Crippen molar-refractivity contribution < 1.29 is 24.2 Å². The molecule has 0 spiro atoms. The van der Waals surface area contributed by atoms with Gasteiger partial charge in [0.15, 0.2) is 6.10 Å². The van der Waals surface area contributed by atoms with Crippen LogP contribution in [0.15, 0.2) is 97.2 Å². The van der Waals surface area contributed by atoms with E-state index in [1.54, 1.807) is 0 Å². The van der Waals surface area contributed by atoms with Crippen molar-refractivity contribution in [2.24, 2.45) is 0 Å². The molecule has 0 saturated heterocycles. The zero-order valence-corrected chi connectivity index (χ0v) is 54.5. The zero-order valence-electron chi connectivity index (χ0n) is 54.5. The molecule has 0 rings (SSSR count). The molecule has 0 aliphatic carbocycles. The van der Waals surface area contributed by atoms with E-state index in [2.05, 4.69) is 111 Å². The van der Waals surface area contributed by atoms with Crippen molar-refractivity contribution in [3.05, 3.63) is 97.2 Å². The molecule has 5 nitrogen and oxygen atoms in total. The number of hydrogen-bond acceptors (Lipinski definition) is 5. The molecule has 0 saturated carbocycles. The molecule has 5 heteroatoms. The van der Waals surface area contributed by atoms with Gasteiger partial charge in [0.25, 0.3) is 0 Å². The number of carbonyl (C=O) groups excluding carboxylic acids is 2. The Labute approximate surface area is 510 Å². The first kappa shape index (κ1) is 78.8. The second-order valence-corrected chi connectivity index (χ2v) is 23.9. The number of hydrogen-bond donors (Lipinski definition) is 1. The van der Waals surface area contributed by atoms with Gasteiger partial charge in [0, 0.05) is 12.8 Å². The summed E-state index contributed by atoms with van der Waals surface area (Å²) >= 11 is 0. The molecule has 0 aromatic heterocycles. The van der Waals surface area contributed by atoms with Crippen LogP contribution < -0.4 is 0 Å². The third-order valence-corrected chi connectivity index (χ3v) is 15.9. The lowest BCUT2D eigenvalue weighted by Gasteiger charge is -2.15. The number of allylic oxidation sites excluding steroid dienone is 16. The second-order valence-electron chi connectivity index (χ2n) is 23.9. The van der Waals surface area contributed by atoms with Gasteiger partial charge in [-0.25, -0.2) is 0 Å². The van der Waals surface area contributed by atoms with Crippen LogP contribution in [0, 0.1) is 0 Å². The van der Waals surface area contributed by atoms with Gasteiger partial charge >= 0.3 is 11.9 Å². The first-order valence-electron chi connectivity index (χ1n) is 35.8. The quantitative estimate of drug-likeness (QED) is 0.0373. The summed E-state index contributed by atoms with van der Waals surface area (Å²) < 4.78 is 10.7. The van der Waals surface area contributed by atoms with Crippen molar-refractivity contribution in [1.29, 1.82) is 0 Å². The summed E-state index contributed by atoms with van der Waals surface area (Å²) in [6.45, 7) is 4.03. The first-order chi connectivity index (χ1) is 40.6. The van der Waals surface area contributed by atoms with E-state index < -0.39 is 6.10 Å². The van der Waals surface area contributed by atoms with E-state index in [0.29, 0.717) is 12.8 Å². The van der Waals surface area contributed by atoms with E-state index in [4.69, 9.17) is 9.47 Å². The molecule has 1 N–H and O–H groups in total. The minimum atomic E-state index is -0.802. The van der Waals surface area contributed by atoms with E-state index in [9.17, 15) is 14.7 Å². The fraction of sp³-hybridized carbons (Fsp3) is 0.766. The van der Waals surface area contributed by atoms with Crippen LogP contribution in [0.4, 0.5) is 0 Å². The number of esters is 2. The molecule has 0 heterocycles. The summed E-state index contributed by atoms with van der Waals surface area (Å²) in [6.07, 6.45) is 103. The average Bonchev–Trinajstić information content (AvgIpc) is 3.49. The van der Waals surface area contributed by atoms with E-state index in [1.165, 1.54) is 244 Å². The minimum Gasteiger partial charge on any atom is -0.462 e. The summed E-state index contributed by atoms with van der Waals surface area (Å²) in [5.74, 6) is -0.634. The third-order valence-electron chi connectivity index (χ3n) is 15.9. The van der Waals surface area contributed by atoms with Crippen molar-refractivity contribution in [1.82, 2.24) is 0 Å². The van der Waals surface area contributed by atoms with E-state index in [1.807, 2.05) is 0 Å². The highest BCUT2D eigenvalue weighted by Gasteiger charge is 2.16. The van der Waals surface area contributed by atoms with Crippen LogP contribution in [0.1, 0.15) is 361 Å². The van der Waals surface area contributed by atoms with Gasteiger partial charge in [-0.15, -0.1) is 0 Å². The lowest BCUT2D eigenvalue weighted by molar-refractivity contribution is -0.161. The lowest BCUT2D eigenvalue weighted by atomic mass is 10.0. The van der Waals surface area contributed by atoms with Gasteiger partial charge in [0.1, 0.15) is 6.61 Å². The fourth-order valence-corrected chi connectivity index (χ4v) is 10.6. The highest BCUT2D eigenvalue weighted by molar-refractivity contribution is 5.70. The highest BCUT2D eigenvalue weighted by atomic mass is 16.6. The Hall–Kier alpha value is -3.18. The average molecular weight is 1140 g/mol. The molecule has 0 bridgehead atoms. The largest absolute Gasteiger partial charge is 0.462 e. The topological polar surface area (TPSA) is 72.8 Å². The number of unbranched alkanes of at least 4 members (excludes halogenated alkanes) is 42. The smallest absolute Gasteiger partial charge is 0.306 e. The van der Waals surface area contributed by atoms with Gasteiger partial charge in [-0.05, 0) is 77.0 Å². The van der Waals surface area contributed by atoms with Crippen LogP contribution in [0.3, 0.4) is 0 Å². The van der Waals surface area contributed by atoms with Crippen LogP contribution in [0.2, 0.25) is 0 Å². The summed E-state index contributed by atoms with van der Waals surface area (Å²) in [5, 5.41) is 9.68. The highest BCUT2D eigenvalue weighted by Crippen LogP contribution is 2.19. The van der Waals surface area contributed by atoms with Crippen LogP contribution >= 0.6 is 0 Å². The van der Waals surface area contributed by atoms with Crippen molar-refractivity contribution in [3.8, 4) is 0 Å². The molecule has 1 atom stereocenters. The standard InChI is InChI=1S/C77H136O5/c1-3-5-7-9-11-13-15-17-19-21-23-25-27-29-31-32-33-34-35-36-37-38-39-40-41-42-43-44-46-47-49-51-53-55-57-59-61-63-65-67-69-71-76(79)81-74-75(73-78)82-77(80)72-70-68-66-64-62-60-58-56-54-52-50-48-45-30-28-26-24-22-20-18-16-14-12-10-8-6-4-2/h6,8,12,14,18,20,24,26,30,45,50,52,56,58,62,64,75,78H,3-5,7,9-11,13,15-17,19,21-23,25,27-29,31-44,46-49,51,53-55,57,59-61,63,65-74H2,1-2H3/b8-6-,14-12-,20-18-,26-24-,45-30-,52-50-,58-56-,64-62-. The second kappa shape index (κ2) is 72.1. The first-order valence-corrected chi connectivity index (χ1v) is 35.8. The predicted octanol–water partition coefficient (Wildman–Crippen LogP) is 25.0. The normalized spacial score (nSPS) is 12.8. The molecule has 0 amide bonds. The number of aliphatic hydroxyl groups excluding tert-OH is 1. The number of rotatable bonds is 66. The molecule has 0 radical (unpaired) electrons.